The fourth-order valence-corrected chi connectivity index (χ4v) is 8.44. The summed E-state index contributed by atoms with van der Waals surface area (Å²) in [6, 6.07) is 15.6. The molecule has 7 rings (SSSR count). The lowest BCUT2D eigenvalue weighted by atomic mass is 9.33. The minimum Gasteiger partial charge on any atom is -0.506 e. The minimum absolute atomic E-state index is 0.0107. The van der Waals surface area contributed by atoms with Crippen molar-refractivity contribution in [2.24, 2.45) is 5.41 Å². The summed E-state index contributed by atoms with van der Waals surface area (Å²) in [7, 11) is 0. The van der Waals surface area contributed by atoms with E-state index < -0.39 is 27.6 Å². The smallest absolute Gasteiger partial charge is 0.309 e. The van der Waals surface area contributed by atoms with Crippen LogP contribution in [0.15, 0.2) is 54.6 Å². The number of phenols is 3. The van der Waals surface area contributed by atoms with E-state index in [0.717, 1.165) is 16.7 Å². The molecule has 37 heavy (non-hydrogen) atoms. The lowest BCUT2D eigenvalue weighted by Crippen LogP contribution is -2.67. The number of carboxylic acid groups (broad SMARTS) is 1. The van der Waals surface area contributed by atoms with Crippen molar-refractivity contribution in [3.05, 3.63) is 71.3 Å². The zero-order chi connectivity index (χ0) is 26.4. The lowest BCUT2D eigenvalue weighted by molar-refractivity contribution is -0.174. The molecule has 4 saturated carbocycles. The molecule has 0 heterocycles. The highest BCUT2D eigenvalue weighted by atomic mass is 16.4. The van der Waals surface area contributed by atoms with Crippen LogP contribution in [0.1, 0.15) is 55.2 Å². The molecule has 4 bridgehead atoms. The van der Waals surface area contributed by atoms with E-state index in [0.29, 0.717) is 38.5 Å². The first-order valence-corrected chi connectivity index (χ1v) is 12.4. The highest BCUT2D eigenvalue weighted by Gasteiger charge is 2.71. The number of phenolic OH excluding ortho intramolecular Hbond substituents is 3. The highest BCUT2D eigenvalue weighted by molar-refractivity contribution is 5.78. The van der Waals surface area contributed by atoms with E-state index >= 15 is 0 Å². The first kappa shape index (κ1) is 23.3. The molecule has 0 saturated heterocycles. The summed E-state index contributed by atoms with van der Waals surface area (Å²) in [5.74, 6) is -0.870. The van der Waals surface area contributed by atoms with Gasteiger partial charge in [-0.15, -0.1) is 0 Å². The SMILES string of the molecule is Nc1cc(C23CC4(C(=O)O)CC(c5ccc(O)c(N)c5)(C2)CC(c2ccc(O)c(N)c2)(C4)C3)ccc1O. The summed E-state index contributed by atoms with van der Waals surface area (Å²) in [5, 5.41) is 41.2. The van der Waals surface area contributed by atoms with Crippen LogP contribution >= 0.6 is 0 Å². The zero-order valence-electron chi connectivity index (χ0n) is 20.4. The molecule has 0 unspecified atom stereocenters. The second-order valence-electron chi connectivity index (χ2n) is 11.8. The van der Waals surface area contributed by atoms with Crippen LogP contribution in [0.5, 0.6) is 17.2 Å². The van der Waals surface area contributed by atoms with E-state index in [1.807, 2.05) is 18.2 Å². The van der Waals surface area contributed by atoms with Crippen LogP contribution in [-0.2, 0) is 21.0 Å². The van der Waals surface area contributed by atoms with Gasteiger partial charge in [0.2, 0.25) is 0 Å². The Bertz CT molecular complexity index is 1300. The average molecular weight is 502 g/mol. The van der Waals surface area contributed by atoms with Gasteiger partial charge in [-0.2, -0.15) is 0 Å². The Morgan fingerprint density at radius 1 is 0.568 bits per heavy atom. The number of carboxylic acids is 1. The van der Waals surface area contributed by atoms with E-state index in [1.54, 1.807) is 36.4 Å². The third-order valence-corrected chi connectivity index (χ3v) is 9.43. The molecule has 0 atom stereocenters. The third kappa shape index (κ3) is 3.17. The Labute approximate surface area is 214 Å². The van der Waals surface area contributed by atoms with Gasteiger partial charge in [0, 0.05) is 0 Å². The van der Waals surface area contributed by atoms with Crippen molar-refractivity contribution in [3.8, 4) is 17.2 Å². The molecule has 0 aromatic heterocycles. The molecule has 3 aromatic rings. The second-order valence-corrected chi connectivity index (χ2v) is 11.8. The Balaban J connectivity index is 1.64. The van der Waals surface area contributed by atoms with Crippen molar-refractivity contribution in [2.75, 3.05) is 17.2 Å². The van der Waals surface area contributed by atoms with E-state index in [2.05, 4.69) is 0 Å². The molecule has 0 radical (unpaired) electrons. The summed E-state index contributed by atoms with van der Waals surface area (Å²) >= 11 is 0. The molecular weight excluding hydrogens is 470 g/mol. The number of hydrogen-bond donors (Lipinski definition) is 7. The van der Waals surface area contributed by atoms with Gasteiger partial charge in [-0.05, 0) is 108 Å². The van der Waals surface area contributed by atoms with Crippen LogP contribution in [0.3, 0.4) is 0 Å². The molecule has 8 nitrogen and oxygen atoms in total. The largest absolute Gasteiger partial charge is 0.506 e. The standard InChI is InChI=1S/C29H31N3O5/c30-19-7-16(1-4-22(19)33)26-10-27(17-2-5-23(34)20(31)8-17)12-28(11-26,15-29(13-26,14-27)25(36)37)18-3-6-24(35)21(32)9-18/h1-9,33-35H,10-15,30-32H2,(H,36,37). The quantitative estimate of drug-likeness (QED) is 0.206. The molecule has 0 spiro atoms. The predicted octanol–water partition coefficient (Wildman–Crippen LogP) is 4.12. The van der Waals surface area contributed by atoms with Crippen LogP contribution in [-0.4, -0.2) is 26.4 Å². The topological polar surface area (TPSA) is 176 Å². The molecule has 4 fully saturated rings. The Morgan fingerprint density at radius 3 is 1.11 bits per heavy atom. The number of rotatable bonds is 4. The Morgan fingerprint density at radius 2 is 0.865 bits per heavy atom. The van der Waals surface area contributed by atoms with Crippen LogP contribution < -0.4 is 17.2 Å². The van der Waals surface area contributed by atoms with Crippen molar-refractivity contribution >= 4 is 23.0 Å². The van der Waals surface area contributed by atoms with Crippen LogP contribution in [0.4, 0.5) is 17.1 Å². The molecule has 3 aromatic carbocycles. The molecular formula is C29H31N3O5. The Kier molecular flexibility index (Phi) is 4.57. The summed E-state index contributed by atoms with van der Waals surface area (Å²) in [5.41, 5.74) is 19.2. The van der Waals surface area contributed by atoms with E-state index in [-0.39, 0.29) is 34.3 Å². The summed E-state index contributed by atoms with van der Waals surface area (Å²) in [6.45, 7) is 0. The minimum atomic E-state index is -1.03. The van der Waals surface area contributed by atoms with Crippen LogP contribution in [0.2, 0.25) is 0 Å². The molecule has 192 valence electrons. The van der Waals surface area contributed by atoms with Gasteiger partial charge in [-0.3, -0.25) is 4.79 Å². The normalized spacial score (nSPS) is 31.9. The molecule has 8 heteroatoms. The summed E-state index contributed by atoms with van der Waals surface area (Å²) in [4.78, 5) is 13.1. The molecule has 0 amide bonds. The number of aliphatic carboxylic acids is 1. The number of nitrogens with two attached hydrogens (primary N) is 3. The predicted molar refractivity (Wildman–Crippen MR) is 140 cm³/mol. The monoisotopic (exact) mass is 501 g/mol. The molecule has 10 N–H and O–H groups in total. The van der Waals surface area contributed by atoms with Crippen molar-refractivity contribution in [3.63, 3.8) is 0 Å². The number of hydrogen-bond acceptors (Lipinski definition) is 7. The first-order chi connectivity index (χ1) is 17.4. The summed E-state index contributed by atoms with van der Waals surface area (Å²) < 4.78 is 0. The van der Waals surface area contributed by atoms with Crippen molar-refractivity contribution in [1.29, 1.82) is 0 Å². The van der Waals surface area contributed by atoms with Crippen molar-refractivity contribution in [1.82, 2.24) is 0 Å². The van der Waals surface area contributed by atoms with Gasteiger partial charge >= 0.3 is 5.97 Å². The number of nitrogen functional groups attached to an aromatic ring is 3. The number of carbonyl (C=O) groups is 1. The van der Waals surface area contributed by atoms with Gasteiger partial charge in [0.15, 0.2) is 0 Å². The molecule has 4 aliphatic rings. The van der Waals surface area contributed by atoms with Crippen LogP contribution in [0.25, 0.3) is 0 Å². The number of anilines is 3. The average Bonchev–Trinajstić information content (AvgIpc) is 2.83. The van der Waals surface area contributed by atoms with E-state index in [1.165, 1.54) is 0 Å². The van der Waals surface area contributed by atoms with Gasteiger partial charge in [-0.1, -0.05) is 18.2 Å². The van der Waals surface area contributed by atoms with Gasteiger partial charge in [0.25, 0.3) is 0 Å². The van der Waals surface area contributed by atoms with Crippen LogP contribution in [0, 0.1) is 5.41 Å². The number of benzene rings is 3. The Hall–Kier alpha value is -4.07. The first-order valence-electron chi connectivity index (χ1n) is 12.4. The van der Waals surface area contributed by atoms with E-state index in [9.17, 15) is 25.2 Å². The van der Waals surface area contributed by atoms with Gasteiger partial charge in [0.1, 0.15) is 17.2 Å². The maximum absolute atomic E-state index is 13.1. The van der Waals surface area contributed by atoms with Gasteiger partial charge in [-0.25, -0.2) is 0 Å². The van der Waals surface area contributed by atoms with Gasteiger partial charge < -0.3 is 37.6 Å². The molecule has 0 aliphatic heterocycles. The third-order valence-electron chi connectivity index (χ3n) is 9.43. The van der Waals surface area contributed by atoms with Gasteiger partial charge in [0.05, 0.1) is 22.5 Å². The van der Waals surface area contributed by atoms with Crippen molar-refractivity contribution < 1.29 is 25.2 Å². The van der Waals surface area contributed by atoms with E-state index in [4.69, 9.17) is 17.2 Å². The van der Waals surface area contributed by atoms with Crippen molar-refractivity contribution in [2.45, 2.75) is 54.8 Å². The number of aromatic hydroxyl groups is 3. The lowest BCUT2D eigenvalue weighted by Gasteiger charge is -2.70. The summed E-state index contributed by atoms with van der Waals surface area (Å²) in [6.07, 6.45) is 3.38. The second kappa shape index (κ2) is 7.25. The zero-order valence-corrected chi connectivity index (χ0v) is 20.4. The fraction of sp³-hybridized carbons (Fsp3) is 0.345. The maximum Gasteiger partial charge on any atom is 0.309 e. The fourth-order valence-electron chi connectivity index (χ4n) is 8.44. The highest BCUT2D eigenvalue weighted by Crippen LogP contribution is 2.75. The molecule has 4 aliphatic carbocycles. The maximum atomic E-state index is 13.1.